The van der Waals surface area contributed by atoms with Crippen molar-refractivity contribution in [2.45, 2.75) is 12.8 Å². The van der Waals surface area contributed by atoms with Gasteiger partial charge in [-0.15, -0.1) is 0 Å². The van der Waals surface area contributed by atoms with Crippen LogP contribution in [0.25, 0.3) is 43.1 Å². The van der Waals surface area contributed by atoms with Crippen LogP contribution in [0.5, 0.6) is 0 Å². The predicted octanol–water partition coefficient (Wildman–Crippen LogP) is 8.08. The molecule has 6 aromatic carbocycles. The minimum absolute atomic E-state index is 1.04. The van der Waals surface area contributed by atoms with E-state index >= 15 is 0 Å². The summed E-state index contributed by atoms with van der Waals surface area (Å²) in [6.07, 6.45) is 2.07. The Bertz CT molecular complexity index is 1480. The molecular weight excluding hydrogens is 360 g/mol. The minimum atomic E-state index is 1.04. The normalized spacial score (nSPS) is 11.6. The Morgan fingerprint density at radius 1 is 0.367 bits per heavy atom. The number of benzene rings is 6. The van der Waals surface area contributed by atoms with Gasteiger partial charge in [0.25, 0.3) is 0 Å². The molecular formula is C30H22. The smallest absolute Gasteiger partial charge is 0.0145 e. The van der Waals surface area contributed by atoms with Gasteiger partial charge < -0.3 is 0 Å². The molecule has 0 aromatic heterocycles. The first-order valence-corrected chi connectivity index (χ1v) is 10.7. The number of rotatable bonds is 3. The van der Waals surface area contributed by atoms with E-state index in [1.54, 1.807) is 0 Å². The first-order valence-electron chi connectivity index (χ1n) is 10.7. The van der Waals surface area contributed by atoms with Crippen molar-refractivity contribution in [1.29, 1.82) is 0 Å². The lowest BCUT2D eigenvalue weighted by Crippen LogP contribution is -1.96. The molecule has 0 nitrogen and oxygen atoms in total. The van der Waals surface area contributed by atoms with E-state index in [-0.39, 0.29) is 0 Å². The van der Waals surface area contributed by atoms with Gasteiger partial charge in [-0.25, -0.2) is 0 Å². The van der Waals surface area contributed by atoms with Crippen molar-refractivity contribution in [3.05, 3.63) is 120 Å². The third kappa shape index (κ3) is 2.84. The zero-order valence-electron chi connectivity index (χ0n) is 16.8. The van der Waals surface area contributed by atoms with Crippen LogP contribution in [-0.4, -0.2) is 0 Å². The molecule has 0 heterocycles. The van der Waals surface area contributed by atoms with Gasteiger partial charge in [0.15, 0.2) is 0 Å². The molecule has 0 amide bonds. The van der Waals surface area contributed by atoms with E-state index in [1.807, 2.05) is 0 Å². The maximum atomic E-state index is 2.36. The summed E-state index contributed by atoms with van der Waals surface area (Å²) in [6.45, 7) is 0. The highest BCUT2D eigenvalue weighted by atomic mass is 14.1. The van der Waals surface area contributed by atoms with Crippen LogP contribution in [-0.2, 0) is 12.8 Å². The fourth-order valence-electron chi connectivity index (χ4n) is 4.89. The molecule has 6 aromatic rings. The Morgan fingerprint density at radius 2 is 0.867 bits per heavy atom. The molecule has 0 fully saturated rings. The van der Waals surface area contributed by atoms with E-state index in [0.717, 1.165) is 12.8 Å². The molecule has 30 heavy (non-hydrogen) atoms. The van der Waals surface area contributed by atoms with Crippen molar-refractivity contribution in [3.63, 3.8) is 0 Å². The third-order valence-electron chi connectivity index (χ3n) is 6.36. The molecule has 0 bridgehead atoms. The van der Waals surface area contributed by atoms with Gasteiger partial charge in [0, 0.05) is 0 Å². The van der Waals surface area contributed by atoms with Crippen molar-refractivity contribution in [3.8, 4) is 0 Å². The first-order chi connectivity index (χ1) is 14.9. The monoisotopic (exact) mass is 382 g/mol. The van der Waals surface area contributed by atoms with Crippen LogP contribution in [0.3, 0.4) is 0 Å². The average molecular weight is 383 g/mol. The molecule has 0 saturated heterocycles. The van der Waals surface area contributed by atoms with E-state index in [1.165, 1.54) is 54.2 Å². The second-order valence-electron chi connectivity index (χ2n) is 8.14. The second-order valence-corrected chi connectivity index (χ2v) is 8.14. The Hall–Kier alpha value is -3.64. The molecule has 0 atom stereocenters. The Labute approximate surface area is 176 Å². The molecule has 0 spiro atoms. The van der Waals surface area contributed by atoms with Gasteiger partial charge >= 0.3 is 0 Å². The zero-order chi connectivity index (χ0) is 19.9. The molecule has 142 valence electrons. The summed E-state index contributed by atoms with van der Waals surface area (Å²) in [4.78, 5) is 0. The molecule has 0 aliphatic heterocycles. The van der Waals surface area contributed by atoms with E-state index in [0.29, 0.717) is 0 Å². The molecule has 0 saturated carbocycles. The van der Waals surface area contributed by atoms with Crippen molar-refractivity contribution in [1.82, 2.24) is 0 Å². The van der Waals surface area contributed by atoms with Crippen LogP contribution < -0.4 is 0 Å². The van der Waals surface area contributed by atoms with E-state index in [9.17, 15) is 0 Å². The zero-order valence-corrected chi connectivity index (χ0v) is 16.8. The summed E-state index contributed by atoms with van der Waals surface area (Å²) in [6, 6.07) is 40.0. The summed E-state index contributed by atoms with van der Waals surface area (Å²) in [5.41, 5.74) is 2.89. The molecule has 0 N–H and O–H groups in total. The topological polar surface area (TPSA) is 0 Å². The van der Waals surface area contributed by atoms with Crippen LogP contribution in [0, 0.1) is 0 Å². The maximum absolute atomic E-state index is 2.36. The van der Waals surface area contributed by atoms with Gasteiger partial charge in [-0.3, -0.25) is 0 Å². The van der Waals surface area contributed by atoms with Crippen molar-refractivity contribution >= 4 is 43.1 Å². The molecule has 0 aliphatic rings. The maximum Gasteiger partial charge on any atom is -0.0145 e. The van der Waals surface area contributed by atoms with E-state index in [2.05, 4.69) is 109 Å². The van der Waals surface area contributed by atoms with Gasteiger partial charge in [0.2, 0.25) is 0 Å². The van der Waals surface area contributed by atoms with Gasteiger partial charge in [-0.05, 0) is 85.3 Å². The summed E-state index contributed by atoms with van der Waals surface area (Å²) >= 11 is 0. The van der Waals surface area contributed by atoms with Crippen LogP contribution in [0.1, 0.15) is 11.1 Å². The minimum Gasteiger partial charge on any atom is -0.0616 e. The lowest BCUT2D eigenvalue weighted by Gasteiger charge is -2.13. The van der Waals surface area contributed by atoms with E-state index in [4.69, 9.17) is 0 Å². The fraction of sp³-hybridized carbons (Fsp3) is 0.0667. The highest BCUT2D eigenvalue weighted by Crippen LogP contribution is 2.31. The molecule has 0 heteroatoms. The number of hydrogen-bond acceptors (Lipinski definition) is 0. The highest BCUT2D eigenvalue weighted by molar-refractivity contribution is 6.03. The van der Waals surface area contributed by atoms with Crippen LogP contribution in [0.4, 0.5) is 0 Å². The van der Waals surface area contributed by atoms with Crippen LogP contribution in [0.15, 0.2) is 109 Å². The summed E-state index contributed by atoms with van der Waals surface area (Å²) in [7, 11) is 0. The molecule has 0 unspecified atom stereocenters. The second kappa shape index (κ2) is 7.00. The van der Waals surface area contributed by atoms with Gasteiger partial charge in [-0.2, -0.15) is 0 Å². The summed E-state index contributed by atoms with van der Waals surface area (Å²) in [5, 5.41) is 10.7. The van der Waals surface area contributed by atoms with Gasteiger partial charge in [0.05, 0.1) is 0 Å². The van der Waals surface area contributed by atoms with Crippen molar-refractivity contribution in [2.75, 3.05) is 0 Å². The first kappa shape index (κ1) is 17.2. The number of hydrogen-bond donors (Lipinski definition) is 0. The lowest BCUT2D eigenvalue weighted by atomic mass is 9.91. The SMILES string of the molecule is c1ccc2cc3c(CCc4c5ccccc5cc5ccccc45)cccc3cc2c1. The average Bonchev–Trinajstić information content (AvgIpc) is 2.80. The quantitative estimate of drug-likeness (QED) is 0.271. The summed E-state index contributed by atoms with van der Waals surface area (Å²) in [5.74, 6) is 0. The number of fused-ring (bicyclic) bond motifs is 4. The van der Waals surface area contributed by atoms with Crippen molar-refractivity contribution in [2.24, 2.45) is 0 Å². The standard InChI is InChI=1S/C30H22/c1-2-9-23-20-30-21(12-7-13-26(30)18-22(23)8-1)16-17-29-27-14-5-3-10-24(27)19-25-11-4-6-15-28(25)29/h1-15,18-20H,16-17H2. The lowest BCUT2D eigenvalue weighted by molar-refractivity contribution is 0.987. The number of aryl methyl sites for hydroxylation is 2. The third-order valence-corrected chi connectivity index (χ3v) is 6.36. The van der Waals surface area contributed by atoms with Gasteiger partial charge in [0.1, 0.15) is 0 Å². The fourth-order valence-corrected chi connectivity index (χ4v) is 4.89. The highest BCUT2D eigenvalue weighted by Gasteiger charge is 2.09. The Kier molecular flexibility index (Phi) is 4.02. The van der Waals surface area contributed by atoms with Crippen molar-refractivity contribution < 1.29 is 0 Å². The van der Waals surface area contributed by atoms with Gasteiger partial charge in [-0.1, -0.05) is 91.0 Å². The van der Waals surface area contributed by atoms with E-state index < -0.39 is 0 Å². The molecule has 0 aliphatic carbocycles. The van der Waals surface area contributed by atoms with Crippen LogP contribution in [0.2, 0.25) is 0 Å². The predicted molar refractivity (Wildman–Crippen MR) is 130 cm³/mol. The van der Waals surface area contributed by atoms with Crippen LogP contribution >= 0.6 is 0 Å². The molecule has 0 radical (unpaired) electrons. The Balaban J connectivity index is 1.49. The largest absolute Gasteiger partial charge is 0.0616 e. The molecule has 6 rings (SSSR count). The summed E-state index contributed by atoms with van der Waals surface area (Å²) < 4.78 is 0. The Morgan fingerprint density at radius 3 is 1.57 bits per heavy atom.